The molecule has 0 aliphatic heterocycles. The molecule has 1 aliphatic carbocycles. The van der Waals surface area contributed by atoms with Crippen LogP contribution in [0.3, 0.4) is 0 Å². The van der Waals surface area contributed by atoms with E-state index in [9.17, 15) is 0 Å². The molecule has 0 unspecified atom stereocenters. The van der Waals surface area contributed by atoms with Crippen molar-refractivity contribution < 1.29 is 17.0 Å². The van der Waals surface area contributed by atoms with Crippen LogP contribution < -0.4 is 4.98 Å². The fourth-order valence-electron chi connectivity index (χ4n) is 3.76. The summed E-state index contributed by atoms with van der Waals surface area (Å²) in [5.41, 5.74) is 6.44. The molecule has 122 valence electrons. The van der Waals surface area contributed by atoms with Gasteiger partial charge in [0.05, 0.1) is 0 Å². The van der Waals surface area contributed by atoms with Crippen LogP contribution in [0.25, 0.3) is 11.1 Å². The van der Waals surface area contributed by atoms with Crippen LogP contribution in [-0.2, 0) is 17.0 Å². The summed E-state index contributed by atoms with van der Waals surface area (Å²) in [6.07, 6.45) is 0. The number of rotatable bonds is 3. The molecule has 1 aliphatic rings. The van der Waals surface area contributed by atoms with Gasteiger partial charge in [-0.2, -0.15) is 0 Å². The quantitative estimate of drug-likeness (QED) is 0.631. The fourth-order valence-corrected chi connectivity index (χ4v) is 7.47. The Morgan fingerprint density at radius 1 is 0.913 bits per heavy atom. The molecule has 1 N–H and O–H groups in total. The van der Waals surface area contributed by atoms with Gasteiger partial charge in [0, 0.05) is 5.54 Å². The van der Waals surface area contributed by atoms with Gasteiger partial charge in [0.25, 0.3) is 0 Å². The molecule has 23 heavy (non-hydrogen) atoms. The van der Waals surface area contributed by atoms with E-state index in [-0.39, 0.29) is 0 Å². The summed E-state index contributed by atoms with van der Waals surface area (Å²) in [6.45, 7) is 9.41. The molecule has 0 fully saturated rings. The van der Waals surface area contributed by atoms with Crippen molar-refractivity contribution in [3.63, 3.8) is 0 Å². The van der Waals surface area contributed by atoms with E-state index in [0.717, 1.165) is 0 Å². The van der Waals surface area contributed by atoms with Crippen molar-refractivity contribution >= 4 is 26.8 Å². The van der Waals surface area contributed by atoms with Crippen molar-refractivity contribution in [1.82, 2.24) is 4.98 Å². The first-order chi connectivity index (χ1) is 10.9. The second-order valence-electron chi connectivity index (χ2n) is 6.70. The van der Waals surface area contributed by atoms with Crippen molar-refractivity contribution in [3.8, 4) is 11.1 Å². The predicted molar refractivity (Wildman–Crippen MR) is 101 cm³/mol. The number of halogens is 2. The SMILES string of the molecule is CC(C)N[Si](C)(C)C1c2ccccc2-c2ccccc21.[Cl][Ti][Cl]. The van der Waals surface area contributed by atoms with Crippen molar-refractivity contribution in [1.29, 1.82) is 0 Å². The topological polar surface area (TPSA) is 12.0 Å². The summed E-state index contributed by atoms with van der Waals surface area (Å²) in [4.78, 5) is 3.88. The normalized spacial score (nSPS) is 13.2. The van der Waals surface area contributed by atoms with Crippen LogP contribution in [0.15, 0.2) is 48.5 Å². The Kier molecular flexibility index (Phi) is 6.97. The summed E-state index contributed by atoms with van der Waals surface area (Å²) < 4.78 is 0. The molecule has 0 saturated heterocycles. The van der Waals surface area contributed by atoms with Crippen LogP contribution in [0, 0.1) is 0 Å². The predicted octanol–water partition coefficient (Wildman–Crippen LogP) is 5.92. The Bertz CT molecular complexity index is 615. The molecule has 2 aromatic carbocycles. The van der Waals surface area contributed by atoms with Crippen LogP contribution in [0.5, 0.6) is 0 Å². The van der Waals surface area contributed by atoms with E-state index in [2.05, 4.69) is 80.5 Å². The molecular weight excluding hydrogens is 377 g/mol. The number of benzene rings is 2. The number of fused-ring (bicyclic) bond motifs is 3. The van der Waals surface area contributed by atoms with E-state index < -0.39 is 25.3 Å². The van der Waals surface area contributed by atoms with E-state index >= 15 is 0 Å². The molecule has 2 aromatic rings. The van der Waals surface area contributed by atoms with Gasteiger partial charge in [0.15, 0.2) is 0 Å². The average Bonchev–Trinajstić information content (AvgIpc) is 2.82. The number of hydrogen-bond donors (Lipinski definition) is 1. The molecule has 3 rings (SSSR count). The van der Waals surface area contributed by atoms with Gasteiger partial charge in [-0.05, 0) is 28.3 Å². The van der Waals surface area contributed by atoms with Crippen LogP contribution in [0.1, 0.15) is 30.5 Å². The molecule has 0 saturated carbocycles. The minimum atomic E-state index is -1.59. The first-order valence-corrected chi connectivity index (χ1v) is 15.2. The van der Waals surface area contributed by atoms with Crippen molar-refractivity contribution in [2.24, 2.45) is 0 Å². The van der Waals surface area contributed by atoms with Crippen molar-refractivity contribution in [3.05, 3.63) is 59.7 Å². The van der Waals surface area contributed by atoms with Gasteiger partial charge >= 0.3 is 35.6 Å². The molecule has 0 amide bonds. The summed E-state index contributed by atoms with van der Waals surface area (Å²) >= 11 is -0.556. The minimum absolute atomic E-state index is 0.539. The number of nitrogens with one attached hydrogen (secondary N) is 1. The zero-order valence-corrected chi connectivity index (χ0v) is 18.1. The Hall–Kier alpha value is -0.0888. The van der Waals surface area contributed by atoms with Gasteiger partial charge < -0.3 is 4.98 Å². The average molecular weight is 400 g/mol. The molecule has 1 nitrogen and oxygen atoms in total. The third kappa shape index (κ3) is 4.31. The number of hydrogen-bond acceptors (Lipinski definition) is 1. The third-order valence-electron chi connectivity index (χ3n) is 4.22. The second-order valence-corrected chi connectivity index (χ2v) is 13.6. The summed E-state index contributed by atoms with van der Waals surface area (Å²) in [7, 11) is 8.19. The fraction of sp³-hybridized carbons (Fsp3) is 0.333. The Morgan fingerprint density at radius 2 is 1.30 bits per heavy atom. The van der Waals surface area contributed by atoms with Gasteiger partial charge in [0.2, 0.25) is 0 Å². The molecule has 0 spiro atoms. The van der Waals surface area contributed by atoms with E-state index in [4.69, 9.17) is 18.6 Å². The van der Waals surface area contributed by atoms with Gasteiger partial charge in [-0.3, -0.25) is 0 Å². The van der Waals surface area contributed by atoms with Crippen LogP contribution in [0.2, 0.25) is 13.1 Å². The molecule has 5 heteroatoms. The van der Waals surface area contributed by atoms with Gasteiger partial charge in [0.1, 0.15) is 8.24 Å². The molecule has 0 aromatic heterocycles. The summed E-state index contributed by atoms with van der Waals surface area (Å²) in [6, 6.07) is 18.4. The van der Waals surface area contributed by atoms with E-state index in [1.165, 1.54) is 22.3 Å². The monoisotopic (exact) mass is 399 g/mol. The Labute approximate surface area is 157 Å². The first-order valence-electron chi connectivity index (χ1n) is 7.84. The third-order valence-corrected chi connectivity index (χ3v) is 7.60. The van der Waals surface area contributed by atoms with Crippen molar-refractivity contribution in [2.75, 3.05) is 0 Å². The van der Waals surface area contributed by atoms with Crippen molar-refractivity contribution in [2.45, 2.75) is 38.5 Å². The van der Waals surface area contributed by atoms with E-state index in [0.29, 0.717) is 11.6 Å². The maximum atomic E-state index is 4.89. The van der Waals surface area contributed by atoms with Crippen LogP contribution >= 0.6 is 18.6 Å². The zero-order valence-electron chi connectivity index (χ0n) is 14.0. The summed E-state index contributed by atoms with van der Waals surface area (Å²) in [5, 5.41) is 0. The standard InChI is InChI=1S/C18H23NSi.2ClH.Ti/c1-13(2)19-20(3,4)18-16-11-7-5-9-14(16)15-10-6-8-12-17(15)18;;;/h5-13,18-19H,1-4H3;2*1H;/q;;;+2/p-2. The van der Waals surface area contributed by atoms with E-state index in [1.54, 1.807) is 0 Å². The molecule has 0 heterocycles. The van der Waals surface area contributed by atoms with Crippen LogP contribution in [0.4, 0.5) is 0 Å². The molecule has 0 bridgehead atoms. The maximum absolute atomic E-state index is 4.89. The molecule has 0 radical (unpaired) electrons. The molecule has 0 atom stereocenters. The summed E-state index contributed by atoms with van der Waals surface area (Å²) in [5.74, 6) is 0. The second kappa shape index (κ2) is 8.33. The Balaban J connectivity index is 0.000000595. The van der Waals surface area contributed by atoms with Gasteiger partial charge in [-0.15, -0.1) is 0 Å². The van der Waals surface area contributed by atoms with Gasteiger partial charge in [-0.1, -0.05) is 75.5 Å². The Morgan fingerprint density at radius 3 is 1.70 bits per heavy atom. The zero-order chi connectivity index (χ0) is 17.0. The van der Waals surface area contributed by atoms with Gasteiger partial charge in [-0.25, -0.2) is 0 Å². The molecular formula is C18H23Cl2NSiTi. The van der Waals surface area contributed by atoms with Crippen LogP contribution in [-0.4, -0.2) is 14.3 Å². The first kappa shape index (κ1) is 19.2. The van der Waals surface area contributed by atoms with E-state index in [1.807, 2.05) is 0 Å².